The molecule has 1 N–H and O–H groups in total. The molecule has 0 aromatic carbocycles. The average molecular weight is 153 g/mol. The molecule has 2 fully saturated rings. The van der Waals surface area contributed by atoms with Gasteiger partial charge in [-0.2, -0.15) is 0 Å². The van der Waals surface area contributed by atoms with Gasteiger partial charge in [0.2, 0.25) is 0 Å². The molecule has 2 rings (SSSR count). The van der Waals surface area contributed by atoms with Crippen molar-refractivity contribution in [3.05, 3.63) is 0 Å². The van der Waals surface area contributed by atoms with Gasteiger partial charge in [-0.3, -0.25) is 0 Å². The van der Waals surface area contributed by atoms with Crippen LogP contribution in [0.1, 0.15) is 40.0 Å². The fraction of sp³-hybridized carbons (Fsp3) is 1.00. The smallest absolute Gasteiger partial charge is 0.0127 e. The summed E-state index contributed by atoms with van der Waals surface area (Å²) in [6, 6.07) is 1.60. The molecule has 2 atom stereocenters. The molecule has 0 amide bonds. The Balaban J connectivity index is 1.74. The summed E-state index contributed by atoms with van der Waals surface area (Å²) in [6.45, 7) is 7.04. The average Bonchev–Trinajstić information content (AvgIpc) is 2.69. The van der Waals surface area contributed by atoms with Crippen LogP contribution < -0.4 is 5.32 Å². The van der Waals surface area contributed by atoms with Crippen LogP contribution in [0.3, 0.4) is 0 Å². The topological polar surface area (TPSA) is 12.0 Å². The van der Waals surface area contributed by atoms with E-state index in [2.05, 4.69) is 26.1 Å². The molecule has 0 heterocycles. The first-order valence-corrected chi connectivity index (χ1v) is 4.86. The molecule has 0 saturated heterocycles. The minimum Gasteiger partial charge on any atom is -0.311 e. The molecule has 0 aromatic heterocycles. The lowest BCUT2D eigenvalue weighted by Gasteiger charge is -2.13. The number of rotatable bonds is 3. The van der Waals surface area contributed by atoms with E-state index in [4.69, 9.17) is 0 Å². The minimum absolute atomic E-state index is 0.600. The predicted octanol–water partition coefficient (Wildman–Crippen LogP) is 2.17. The van der Waals surface area contributed by atoms with E-state index in [1.807, 2.05) is 0 Å². The normalized spacial score (nSPS) is 36.8. The highest BCUT2D eigenvalue weighted by Gasteiger charge is 2.47. The van der Waals surface area contributed by atoms with E-state index in [0.29, 0.717) is 5.41 Å². The van der Waals surface area contributed by atoms with Crippen molar-refractivity contribution < 1.29 is 0 Å². The lowest BCUT2D eigenvalue weighted by atomic mass is 10.1. The second kappa shape index (κ2) is 2.22. The highest BCUT2D eigenvalue weighted by atomic mass is 15.0. The van der Waals surface area contributed by atoms with Gasteiger partial charge in [-0.25, -0.2) is 0 Å². The zero-order chi connectivity index (χ0) is 8.06. The van der Waals surface area contributed by atoms with E-state index in [-0.39, 0.29) is 0 Å². The van der Waals surface area contributed by atoms with E-state index in [0.717, 1.165) is 18.0 Å². The van der Waals surface area contributed by atoms with Gasteiger partial charge in [-0.15, -0.1) is 0 Å². The Bertz CT molecular complexity index is 158. The van der Waals surface area contributed by atoms with Gasteiger partial charge in [-0.05, 0) is 37.5 Å². The van der Waals surface area contributed by atoms with Crippen LogP contribution in [0.25, 0.3) is 0 Å². The van der Waals surface area contributed by atoms with Crippen LogP contribution in [0.2, 0.25) is 0 Å². The Labute approximate surface area is 69.6 Å². The van der Waals surface area contributed by atoms with Crippen molar-refractivity contribution in [3.8, 4) is 0 Å². The summed E-state index contributed by atoms with van der Waals surface area (Å²) in [5, 5.41) is 3.71. The summed E-state index contributed by atoms with van der Waals surface area (Å²) >= 11 is 0. The molecule has 2 aliphatic rings. The highest BCUT2D eigenvalue weighted by Crippen LogP contribution is 2.46. The second-order valence-corrected chi connectivity index (χ2v) is 5.04. The van der Waals surface area contributed by atoms with Crippen molar-refractivity contribution in [1.82, 2.24) is 5.32 Å². The molecule has 1 heteroatoms. The Hall–Kier alpha value is -0.0400. The zero-order valence-electron chi connectivity index (χ0n) is 7.85. The Morgan fingerprint density at radius 3 is 2.27 bits per heavy atom. The van der Waals surface area contributed by atoms with Crippen LogP contribution >= 0.6 is 0 Å². The first-order valence-electron chi connectivity index (χ1n) is 4.86. The monoisotopic (exact) mass is 153 g/mol. The molecule has 1 nitrogen and oxygen atoms in total. The van der Waals surface area contributed by atoms with Crippen LogP contribution in [0.4, 0.5) is 0 Å². The van der Waals surface area contributed by atoms with Crippen molar-refractivity contribution in [1.29, 1.82) is 0 Å². The van der Waals surface area contributed by atoms with E-state index in [1.54, 1.807) is 0 Å². The zero-order valence-corrected chi connectivity index (χ0v) is 7.85. The molecule has 64 valence electrons. The Kier molecular flexibility index (Phi) is 1.54. The van der Waals surface area contributed by atoms with E-state index in [9.17, 15) is 0 Å². The van der Waals surface area contributed by atoms with E-state index >= 15 is 0 Å². The maximum Gasteiger partial charge on any atom is 0.0127 e. The van der Waals surface area contributed by atoms with Crippen molar-refractivity contribution >= 4 is 0 Å². The summed E-state index contributed by atoms with van der Waals surface area (Å²) in [6.07, 6.45) is 4.30. The molecule has 0 radical (unpaired) electrons. The lowest BCUT2D eigenvalue weighted by Crippen LogP contribution is -2.32. The first kappa shape index (κ1) is 7.60. The number of hydrogen-bond acceptors (Lipinski definition) is 1. The second-order valence-electron chi connectivity index (χ2n) is 5.04. The summed E-state index contributed by atoms with van der Waals surface area (Å²) < 4.78 is 0. The van der Waals surface area contributed by atoms with Gasteiger partial charge >= 0.3 is 0 Å². The SMILES string of the molecule is CC(NC1CC1(C)C)C1CC1. The summed E-state index contributed by atoms with van der Waals surface area (Å²) in [5.74, 6) is 1.01. The first-order chi connectivity index (χ1) is 5.09. The fourth-order valence-electron chi connectivity index (χ4n) is 1.80. The van der Waals surface area contributed by atoms with Crippen molar-refractivity contribution in [2.24, 2.45) is 11.3 Å². The summed E-state index contributed by atoms with van der Waals surface area (Å²) in [7, 11) is 0. The van der Waals surface area contributed by atoms with Gasteiger partial charge in [0.25, 0.3) is 0 Å². The molecular formula is C10H19N. The minimum atomic E-state index is 0.600. The lowest BCUT2D eigenvalue weighted by molar-refractivity contribution is 0.448. The molecule has 0 aliphatic heterocycles. The number of hydrogen-bond donors (Lipinski definition) is 1. The standard InChI is InChI=1S/C10H19N/c1-7(8-4-5-8)11-9-6-10(9,2)3/h7-9,11H,4-6H2,1-3H3. The Morgan fingerprint density at radius 2 is 1.91 bits per heavy atom. The van der Waals surface area contributed by atoms with Gasteiger partial charge in [0.1, 0.15) is 0 Å². The van der Waals surface area contributed by atoms with Gasteiger partial charge in [0, 0.05) is 12.1 Å². The maximum atomic E-state index is 3.71. The van der Waals surface area contributed by atoms with Gasteiger partial charge in [0.15, 0.2) is 0 Å². The van der Waals surface area contributed by atoms with Crippen molar-refractivity contribution in [3.63, 3.8) is 0 Å². The number of nitrogens with one attached hydrogen (secondary N) is 1. The largest absolute Gasteiger partial charge is 0.311 e. The van der Waals surface area contributed by atoms with Gasteiger partial charge in [0.05, 0.1) is 0 Å². The van der Waals surface area contributed by atoms with Crippen LogP contribution in [-0.2, 0) is 0 Å². The predicted molar refractivity (Wildman–Crippen MR) is 47.5 cm³/mol. The van der Waals surface area contributed by atoms with Crippen molar-refractivity contribution in [2.45, 2.75) is 52.1 Å². The fourth-order valence-corrected chi connectivity index (χ4v) is 1.80. The molecule has 0 spiro atoms. The molecule has 2 unspecified atom stereocenters. The molecular weight excluding hydrogens is 134 g/mol. The van der Waals surface area contributed by atoms with Crippen LogP contribution in [-0.4, -0.2) is 12.1 Å². The van der Waals surface area contributed by atoms with Crippen molar-refractivity contribution in [2.75, 3.05) is 0 Å². The molecule has 0 bridgehead atoms. The van der Waals surface area contributed by atoms with Crippen LogP contribution in [0.15, 0.2) is 0 Å². The summed E-state index contributed by atoms with van der Waals surface area (Å²) in [5.41, 5.74) is 0.600. The van der Waals surface area contributed by atoms with Gasteiger partial charge < -0.3 is 5.32 Å². The van der Waals surface area contributed by atoms with Crippen LogP contribution in [0.5, 0.6) is 0 Å². The third-order valence-corrected chi connectivity index (χ3v) is 3.31. The van der Waals surface area contributed by atoms with E-state index < -0.39 is 0 Å². The highest BCUT2D eigenvalue weighted by molar-refractivity contribution is 5.03. The molecule has 11 heavy (non-hydrogen) atoms. The summed E-state index contributed by atoms with van der Waals surface area (Å²) in [4.78, 5) is 0. The van der Waals surface area contributed by atoms with Crippen LogP contribution in [0, 0.1) is 11.3 Å². The molecule has 2 aliphatic carbocycles. The maximum absolute atomic E-state index is 3.71. The van der Waals surface area contributed by atoms with E-state index in [1.165, 1.54) is 19.3 Å². The van der Waals surface area contributed by atoms with Gasteiger partial charge in [-0.1, -0.05) is 13.8 Å². The quantitative estimate of drug-likeness (QED) is 0.655. The molecule has 2 saturated carbocycles. The third-order valence-electron chi connectivity index (χ3n) is 3.31. The molecule has 0 aromatic rings. The Morgan fingerprint density at radius 1 is 1.36 bits per heavy atom. The third kappa shape index (κ3) is 1.58.